The summed E-state index contributed by atoms with van der Waals surface area (Å²) in [7, 11) is 1.68. The molecule has 0 radical (unpaired) electrons. The second-order valence-electron chi connectivity index (χ2n) is 5.41. The van der Waals surface area contributed by atoms with E-state index < -0.39 is 5.82 Å². The number of carbonyl (C=O) groups is 1. The second-order valence-corrected chi connectivity index (χ2v) is 5.41. The average Bonchev–Trinajstić information content (AvgIpc) is 3.14. The van der Waals surface area contributed by atoms with Crippen molar-refractivity contribution in [1.29, 1.82) is 0 Å². The number of aryl methyl sites for hydroxylation is 1. The fourth-order valence-corrected chi connectivity index (χ4v) is 2.18. The Morgan fingerprint density at radius 1 is 1.47 bits per heavy atom. The Morgan fingerprint density at radius 2 is 2.21 bits per heavy atom. The molecule has 0 spiro atoms. The summed E-state index contributed by atoms with van der Waals surface area (Å²) >= 11 is 0. The van der Waals surface area contributed by atoms with Gasteiger partial charge in [-0.2, -0.15) is 0 Å². The summed E-state index contributed by atoms with van der Waals surface area (Å²) in [5.74, 6) is -0.791. The van der Waals surface area contributed by atoms with Crippen LogP contribution in [0.15, 0.2) is 18.2 Å². The van der Waals surface area contributed by atoms with Crippen LogP contribution in [-0.4, -0.2) is 26.2 Å². The molecule has 0 bridgehead atoms. The Labute approximate surface area is 113 Å². The largest absolute Gasteiger partial charge is 0.385 e. The fraction of sp³-hybridized carbons (Fsp3) is 0.533. The molecule has 0 heterocycles. The van der Waals surface area contributed by atoms with Gasteiger partial charge in [0.05, 0.1) is 5.56 Å². The summed E-state index contributed by atoms with van der Waals surface area (Å²) in [6, 6.07) is 4.66. The van der Waals surface area contributed by atoms with Crippen LogP contribution in [0.3, 0.4) is 0 Å². The molecular formula is C15H20FNO2. The molecule has 1 N–H and O–H groups in total. The fourth-order valence-electron chi connectivity index (χ4n) is 2.18. The molecule has 1 aromatic rings. The normalized spacial score (nSPS) is 16.2. The lowest BCUT2D eigenvalue weighted by atomic mass is 10.0. The van der Waals surface area contributed by atoms with Gasteiger partial charge in [-0.1, -0.05) is 6.07 Å². The molecule has 0 saturated heterocycles. The van der Waals surface area contributed by atoms with Crippen molar-refractivity contribution >= 4 is 5.91 Å². The van der Waals surface area contributed by atoms with E-state index in [0.29, 0.717) is 13.2 Å². The molecule has 1 aromatic carbocycles. The van der Waals surface area contributed by atoms with E-state index in [1.54, 1.807) is 20.1 Å². The zero-order valence-electron chi connectivity index (χ0n) is 11.5. The van der Waals surface area contributed by atoms with Gasteiger partial charge < -0.3 is 10.1 Å². The minimum Gasteiger partial charge on any atom is -0.385 e. The van der Waals surface area contributed by atoms with Gasteiger partial charge in [0.2, 0.25) is 0 Å². The van der Waals surface area contributed by atoms with Gasteiger partial charge in [0, 0.05) is 20.3 Å². The van der Waals surface area contributed by atoms with Crippen LogP contribution < -0.4 is 5.32 Å². The minimum atomic E-state index is -0.459. The Hall–Kier alpha value is -1.42. The molecule has 19 heavy (non-hydrogen) atoms. The molecule has 0 aliphatic heterocycles. The van der Waals surface area contributed by atoms with Crippen molar-refractivity contribution in [2.75, 3.05) is 20.3 Å². The summed E-state index contributed by atoms with van der Waals surface area (Å²) in [6.07, 6.45) is 3.15. The Kier molecular flexibility index (Phi) is 4.20. The maximum absolute atomic E-state index is 13.7. The average molecular weight is 265 g/mol. The first-order valence-electron chi connectivity index (χ1n) is 6.60. The van der Waals surface area contributed by atoms with E-state index in [9.17, 15) is 9.18 Å². The highest BCUT2D eigenvalue weighted by atomic mass is 19.1. The lowest BCUT2D eigenvalue weighted by Gasteiger charge is -2.15. The first kappa shape index (κ1) is 14.0. The predicted molar refractivity (Wildman–Crippen MR) is 71.6 cm³/mol. The Balaban J connectivity index is 1.91. The molecule has 1 amide bonds. The number of rotatable bonds is 6. The van der Waals surface area contributed by atoms with Crippen molar-refractivity contribution in [1.82, 2.24) is 5.32 Å². The molecule has 0 atom stereocenters. The van der Waals surface area contributed by atoms with Crippen molar-refractivity contribution in [3.05, 3.63) is 35.1 Å². The van der Waals surface area contributed by atoms with Crippen LogP contribution in [0.25, 0.3) is 0 Å². The minimum absolute atomic E-state index is 0.119. The molecule has 3 nitrogen and oxygen atoms in total. The van der Waals surface area contributed by atoms with Crippen molar-refractivity contribution < 1.29 is 13.9 Å². The van der Waals surface area contributed by atoms with Crippen LogP contribution in [0.2, 0.25) is 0 Å². The zero-order chi connectivity index (χ0) is 13.9. The van der Waals surface area contributed by atoms with Crippen molar-refractivity contribution in [3.8, 4) is 0 Å². The van der Waals surface area contributed by atoms with Crippen molar-refractivity contribution in [2.24, 2.45) is 5.41 Å². The van der Waals surface area contributed by atoms with Gasteiger partial charge >= 0.3 is 0 Å². The van der Waals surface area contributed by atoms with E-state index in [1.165, 1.54) is 12.1 Å². The summed E-state index contributed by atoms with van der Waals surface area (Å²) in [5, 5.41) is 2.84. The number of amides is 1. The van der Waals surface area contributed by atoms with Crippen LogP contribution >= 0.6 is 0 Å². The number of nitrogens with one attached hydrogen (secondary N) is 1. The number of carbonyl (C=O) groups excluding carboxylic acids is 1. The van der Waals surface area contributed by atoms with Crippen LogP contribution in [0.5, 0.6) is 0 Å². The Bertz CT molecular complexity index is 469. The number of ether oxygens (including phenoxy) is 1. The topological polar surface area (TPSA) is 38.3 Å². The van der Waals surface area contributed by atoms with Crippen molar-refractivity contribution in [2.45, 2.75) is 26.2 Å². The predicted octanol–water partition coefficient (Wildman–Crippen LogP) is 2.68. The highest BCUT2D eigenvalue weighted by molar-refractivity contribution is 5.94. The monoisotopic (exact) mass is 265 g/mol. The second kappa shape index (κ2) is 5.70. The highest BCUT2D eigenvalue weighted by Crippen LogP contribution is 2.48. The zero-order valence-corrected chi connectivity index (χ0v) is 11.5. The lowest BCUT2D eigenvalue weighted by Crippen LogP contribution is -2.31. The quantitative estimate of drug-likeness (QED) is 0.858. The SMILES string of the molecule is COCCC1(CNC(=O)c2ccc(C)cc2F)CC1. The van der Waals surface area contributed by atoms with E-state index in [-0.39, 0.29) is 16.9 Å². The molecule has 1 aliphatic carbocycles. The molecule has 1 aliphatic rings. The van der Waals surface area contributed by atoms with E-state index in [0.717, 1.165) is 24.8 Å². The third-order valence-corrected chi connectivity index (χ3v) is 3.79. The smallest absolute Gasteiger partial charge is 0.254 e. The highest BCUT2D eigenvalue weighted by Gasteiger charge is 2.42. The molecule has 0 aromatic heterocycles. The molecule has 104 valence electrons. The maximum atomic E-state index is 13.7. The van der Waals surface area contributed by atoms with Crippen molar-refractivity contribution in [3.63, 3.8) is 0 Å². The van der Waals surface area contributed by atoms with E-state index in [1.807, 2.05) is 0 Å². The molecule has 1 saturated carbocycles. The van der Waals surface area contributed by atoms with Gasteiger partial charge in [-0.25, -0.2) is 4.39 Å². The summed E-state index contributed by atoms with van der Waals surface area (Å²) < 4.78 is 18.7. The van der Waals surface area contributed by atoms with Crippen LogP contribution in [0, 0.1) is 18.2 Å². The third kappa shape index (κ3) is 3.53. The molecule has 0 unspecified atom stereocenters. The van der Waals surface area contributed by atoms with Crippen LogP contribution in [-0.2, 0) is 4.74 Å². The standard InChI is InChI=1S/C15H20FNO2/c1-11-3-4-12(13(16)9-11)14(18)17-10-15(5-6-15)7-8-19-2/h3-4,9H,5-8,10H2,1-2H3,(H,17,18). The number of methoxy groups -OCH3 is 1. The van der Waals surface area contributed by atoms with Gasteiger partial charge in [-0.15, -0.1) is 0 Å². The molecular weight excluding hydrogens is 245 g/mol. The molecule has 4 heteroatoms. The molecule has 1 fully saturated rings. The van der Waals surface area contributed by atoms with Gasteiger partial charge in [0.1, 0.15) is 5.82 Å². The van der Waals surface area contributed by atoms with E-state index >= 15 is 0 Å². The summed E-state index contributed by atoms with van der Waals surface area (Å²) in [6.45, 7) is 3.10. The van der Waals surface area contributed by atoms with Crippen LogP contribution in [0.1, 0.15) is 35.2 Å². The first-order valence-corrected chi connectivity index (χ1v) is 6.60. The number of hydrogen-bond donors (Lipinski definition) is 1. The van der Waals surface area contributed by atoms with E-state index in [2.05, 4.69) is 5.32 Å². The number of benzene rings is 1. The maximum Gasteiger partial charge on any atom is 0.254 e. The van der Waals surface area contributed by atoms with Crippen LogP contribution in [0.4, 0.5) is 4.39 Å². The summed E-state index contributed by atoms with van der Waals surface area (Å²) in [5.41, 5.74) is 1.10. The number of hydrogen-bond acceptors (Lipinski definition) is 2. The van der Waals surface area contributed by atoms with Gasteiger partial charge in [-0.05, 0) is 49.3 Å². The Morgan fingerprint density at radius 3 is 2.79 bits per heavy atom. The van der Waals surface area contributed by atoms with E-state index in [4.69, 9.17) is 4.74 Å². The van der Waals surface area contributed by atoms with Gasteiger partial charge in [0.15, 0.2) is 0 Å². The van der Waals surface area contributed by atoms with Gasteiger partial charge in [0.25, 0.3) is 5.91 Å². The number of halogens is 1. The van der Waals surface area contributed by atoms with Gasteiger partial charge in [-0.3, -0.25) is 4.79 Å². The molecule has 2 rings (SSSR count). The lowest BCUT2D eigenvalue weighted by molar-refractivity contribution is 0.0934. The summed E-state index contributed by atoms with van der Waals surface area (Å²) in [4.78, 5) is 11.9. The third-order valence-electron chi connectivity index (χ3n) is 3.79. The first-order chi connectivity index (χ1) is 9.06.